The number of thiazole rings is 1. The molecular weight excluding hydrogens is 302 g/mol. The normalized spacial score (nSPS) is 14.1. The van der Waals surface area contributed by atoms with E-state index >= 15 is 0 Å². The van der Waals surface area contributed by atoms with Crippen molar-refractivity contribution in [2.75, 3.05) is 29.9 Å². The van der Waals surface area contributed by atoms with Gasteiger partial charge in [0, 0.05) is 36.4 Å². The Morgan fingerprint density at radius 1 is 1.41 bits per heavy atom. The van der Waals surface area contributed by atoms with Crippen LogP contribution in [0.1, 0.15) is 18.5 Å². The van der Waals surface area contributed by atoms with Gasteiger partial charge in [-0.05, 0) is 19.8 Å². The van der Waals surface area contributed by atoms with E-state index < -0.39 is 0 Å². The fraction of sp³-hybridized carbons (Fsp3) is 0.429. The number of hydrogen-bond donors (Lipinski definition) is 1. The zero-order valence-electron chi connectivity index (χ0n) is 12.3. The van der Waals surface area contributed by atoms with E-state index in [1.54, 1.807) is 17.6 Å². The number of carbonyl (C=O) groups is 1. The monoisotopic (exact) mass is 319 g/mol. The fourth-order valence-corrected chi connectivity index (χ4v) is 2.78. The van der Waals surface area contributed by atoms with Crippen molar-refractivity contribution in [3.8, 4) is 5.88 Å². The number of hydrogen-bond acceptors (Lipinski definition) is 7. The standard InChI is InChI=1S/C14H17N5O2S/c1-10-8-12(18-13(16-10)19-5-2-3-6-19)21-9-11(20)17-14-15-4-7-22-14/h4,7-8H,2-3,5-6,9H2,1H3,(H,15,17,20). The summed E-state index contributed by atoms with van der Waals surface area (Å²) in [4.78, 5) is 26.7. The summed E-state index contributed by atoms with van der Waals surface area (Å²) in [7, 11) is 0. The van der Waals surface area contributed by atoms with Crippen molar-refractivity contribution in [1.29, 1.82) is 0 Å². The largest absolute Gasteiger partial charge is 0.467 e. The molecule has 0 aromatic carbocycles. The molecule has 1 fully saturated rings. The van der Waals surface area contributed by atoms with Crippen LogP contribution in [0.2, 0.25) is 0 Å². The minimum absolute atomic E-state index is 0.102. The first-order chi connectivity index (χ1) is 10.7. The fourth-order valence-electron chi connectivity index (χ4n) is 2.24. The topological polar surface area (TPSA) is 80.2 Å². The first-order valence-corrected chi connectivity index (χ1v) is 8.01. The summed E-state index contributed by atoms with van der Waals surface area (Å²) in [6.07, 6.45) is 3.95. The van der Waals surface area contributed by atoms with Crippen LogP contribution >= 0.6 is 11.3 Å². The molecule has 0 atom stereocenters. The number of aromatic nitrogens is 3. The van der Waals surface area contributed by atoms with Gasteiger partial charge >= 0.3 is 0 Å². The average Bonchev–Trinajstić information content (AvgIpc) is 3.18. The molecule has 22 heavy (non-hydrogen) atoms. The molecule has 1 saturated heterocycles. The van der Waals surface area contributed by atoms with E-state index in [4.69, 9.17) is 4.74 Å². The Hall–Kier alpha value is -2.22. The van der Waals surface area contributed by atoms with Gasteiger partial charge in [0.15, 0.2) is 11.7 Å². The summed E-state index contributed by atoms with van der Waals surface area (Å²) < 4.78 is 5.48. The van der Waals surface area contributed by atoms with Gasteiger partial charge in [-0.15, -0.1) is 11.3 Å². The highest BCUT2D eigenvalue weighted by molar-refractivity contribution is 7.13. The number of aryl methyl sites for hydroxylation is 1. The maximum Gasteiger partial charge on any atom is 0.264 e. The Balaban J connectivity index is 1.60. The van der Waals surface area contributed by atoms with E-state index in [2.05, 4.69) is 25.2 Å². The maximum atomic E-state index is 11.8. The molecule has 3 heterocycles. The Kier molecular flexibility index (Phi) is 4.47. The van der Waals surface area contributed by atoms with Crippen molar-refractivity contribution in [2.45, 2.75) is 19.8 Å². The van der Waals surface area contributed by atoms with Crippen molar-refractivity contribution >= 4 is 28.3 Å². The van der Waals surface area contributed by atoms with Gasteiger partial charge in [0.2, 0.25) is 11.8 Å². The highest BCUT2D eigenvalue weighted by Gasteiger charge is 2.16. The molecule has 0 saturated carbocycles. The van der Waals surface area contributed by atoms with Crippen LogP contribution in [-0.2, 0) is 4.79 Å². The molecule has 1 aliphatic heterocycles. The molecule has 1 N–H and O–H groups in total. The van der Waals surface area contributed by atoms with Crippen LogP contribution in [0.25, 0.3) is 0 Å². The zero-order chi connectivity index (χ0) is 15.4. The third-order valence-corrected chi connectivity index (χ3v) is 3.93. The van der Waals surface area contributed by atoms with Gasteiger partial charge in [-0.25, -0.2) is 9.97 Å². The molecular formula is C14H17N5O2S. The van der Waals surface area contributed by atoms with Gasteiger partial charge < -0.3 is 9.64 Å². The van der Waals surface area contributed by atoms with Gasteiger partial charge in [0.1, 0.15) is 0 Å². The predicted molar refractivity (Wildman–Crippen MR) is 84.5 cm³/mol. The number of carbonyl (C=O) groups excluding carboxylic acids is 1. The molecule has 2 aromatic heterocycles. The average molecular weight is 319 g/mol. The van der Waals surface area contributed by atoms with Crippen molar-refractivity contribution in [2.24, 2.45) is 0 Å². The van der Waals surface area contributed by atoms with Crippen LogP contribution in [-0.4, -0.2) is 40.6 Å². The molecule has 3 rings (SSSR count). The zero-order valence-corrected chi connectivity index (χ0v) is 13.1. The van der Waals surface area contributed by atoms with E-state index in [1.165, 1.54) is 11.3 Å². The summed E-state index contributed by atoms with van der Waals surface area (Å²) in [5, 5.41) is 5.02. The van der Waals surface area contributed by atoms with E-state index in [9.17, 15) is 4.79 Å². The predicted octanol–water partition coefficient (Wildman–Crippen LogP) is 1.86. The molecule has 0 aliphatic carbocycles. The lowest BCUT2D eigenvalue weighted by Crippen LogP contribution is -2.23. The molecule has 0 spiro atoms. The third kappa shape index (κ3) is 3.70. The second-order valence-corrected chi connectivity index (χ2v) is 5.91. The first-order valence-electron chi connectivity index (χ1n) is 7.13. The molecule has 0 unspecified atom stereocenters. The molecule has 0 bridgehead atoms. The minimum Gasteiger partial charge on any atom is -0.467 e. The minimum atomic E-state index is -0.256. The molecule has 116 valence electrons. The van der Waals surface area contributed by atoms with E-state index in [-0.39, 0.29) is 12.5 Å². The second kappa shape index (κ2) is 6.69. The lowest BCUT2D eigenvalue weighted by atomic mass is 10.4. The second-order valence-electron chi connectivity index (χ2n) is 5.02. The van der Waals surface area contributed by atoms with Crippen LogP contribution < -0.4 is 15.0 Å². The Bertz CT molecular complexity index is 641. The summed E-state index contributed by atoms with van der Waals surface area (Å²) in [6.45, 7) is 3.72. The quantitative estimate of drug-likeness (QED) is 0.906. The van der Waals surface area contributed by atoms with Gasteiger partial charge in [0.25, 0.3) is 5.91 Å². The Morgan fingerprint density at radius 2 is 2.23 bits per heavy atom. The lowest BCUT2D eigenvalue weighted by Gasteiger charge is -2.16. The highest BCUT2D eigenvalue weighted by Crippen LogP contribution is 2.19. The number of nitrogens with one attached hydrogen (secondary N) is 1. The van der Waals surface area contributed by atoms with Crippen LogP contribution in [0.3, 0.4) is 0 Å². The summed E-state index contributed by atoms with van der Waals surface area (Å²) in [6, 6.07) is 1.73. The van der Waals surface area contributed by atoms with Gasteiger partial charge in [-0.3, -0.25) is 10.1 Å². The van der Waals surface area contributed by atoms with Crippen LogP contribution in [0.15, 0.2) is 17.6 Å². The number of rotatable bonds is 5. The van der Waals surface area contributed by atoms with Crippen molar-refractivity contribution < 1.29 is 9.53 Å². The summed E-state index contributed by atoms with van der Waals surface area (Å²) in [5.74, 6) is 0.838. The van der Waals surface area contributed by atoms with Crippen LogP contribution in [0.5, 0.6) is 5.88 Å². The SMILES string of the molecule is Cc1cc(OCC(=O)Nc2nccs2)nc(N2CCCC2)n1. The third-order valence-electron chi connectivity index (χ3n) is 3.24. The number of ether oxygens (including phenoxy) is 1. The van der Waals surface area contributed by atoms with Crippen LogP contribution in [0.4, 0.5) is 11.1 Å². The summed E-state index contributed by atoms with van der Waals surface area (Å²) >= 11 is 1.36. The summed E-state index contributed by atoms with van der Waals surface area (Å²) in [5.41, 5.74) is 0.826. The number of amides is 1. The first kappa shape index (κ1) is 14.7. The molecule has 2 aromatic rings. The Morgan fingerprint density at radius 3 is 2.95 bits per heavy atom. The van der Waals surface area contributed by atoms with Crippen molar-refractivity contribution in [3.63, 3.8) is 0 Å². The van der Waals surface area contributed by atoms with E-state index in [0.717, 1.165) is 31.6 Å². The molecule has 1 aliphatic rings. The van der Waals surface area contributed by atoms with Crippen molar-refractivity contribution in [1.82, 2.24) is 15.0 Å². The Labute approximate surface area is 132 Å². The molecule has 7 nitrogen and oxygen atoms in total. The number of anilines is 2. The molecule has 0 radical (unpaired) electrons. The molecule has 1 amide bonds. The van der Waals surface area contributed by atoms with E-state index in [1.807, 2.05) is 6.92 Å². The van der Waals surface area contributed by atoms with Gasteiger partial charge in [0.05, 0.1) is 0 Å². The smallest absolute Gasteiger partial charge is 0.264 e. The van der Waals surface area contributed by atoms with Gasteiger partial charge in [-0.2, -0.15) is 4.98 Å². The maximum absolute atomic E-state index is 11.8. The van der Waals surface area contributed by atoms with Gasteiger partial charge in [-0.1, -0.05) is 0 Å². The highest BCUT2D eigenvalue weighted by atomic mass is 32.1. The number of nitrogens with zero attached hydrogens (tertiary/aromatic N) is 4. The van der Waals surface area contributed by atoms with Crippen molar-refractivity contribution in [3.05, 3.63) is 23.3 Å². The van der Waals surface area contributed by atoms with E-state index in [0.29, 0.717) is 17.0 Å². The lowest BCUT2D eigenvalue weighted by molar-refractivity contribution is -0.118. The van der Waals surface area contributed by atoms with Crippen LogP contribution in [0, 0.1) is 6.92 Å². The molecule has 8 heteroatoms.